The largest absolute Gasteiger partial charge is 0.508 e. The quantitative estimate of drug-likeness (QED) is 0.137. The van der Waals surface area contributed by atoms with Crippen molar-refractivity contribution in [2.24, 2.45) is 11.1 Å². The molecule has 36 heavy (non-hydrogen) atoms. The molecule has 1 heterocycles. The van der Waals surface area contributed by atoms with Gasteiger partial charge in [-0.1, -0.05) is 31.2 Å². The first-order chi connectivity index (χ1) is 17.3. The van der Waals surface area contributed by atoms with Crippen LogP contribution in [-0.4, -0.2) is 59.7 Å². The predicted molar refractivity (Wildman–Crippen MR) is 139 cm³/mol. The Morgan fingerprint density at radius 2 is 1.94 bits per heavy atom. The number of rotatable bonds is 13. The van der Waals surface area contributed by atoms with Crippen molar-refractivity contribution in [2.45, 2.75) is 65.4 Å². The van der Waals surface area contributed by atoms with Gasteiger partial charge in [0.05, 0.1) is 17.4 Å². The molecule has 1 saturated heterocycles. The minimum Gasteiger partial charge on any atom is -0.508 e. The molecule has 0 saturated carbocycles. The lowest BCUT2D eigenvalue weighted by Crippen LogP contribution is -2.37. The number of ether oxygens (including phenoxy) is 1. The zero-order chi connectivity index (χ0) is 26.5. The van der Waals surface area contributed by atoms with E-state index in [2.05, 4.69) is 11.7 Å². The zero-order valence-electron chi connectivity index (χ0n) is 21.6. The summed E-state index contributed by atoms with van der Waals surface area (Å²) in [5, 5.41) is 14.4. The SMILES string of the molecule is C=CC(C)C/C=C/C(Cc1cc(O)cc(C=O)c1C(=O)O[C@H](C)CC)=N/OCC(=O)N1CCCCC1. The summed E-state index contributed by atoms with van der Waals surface area (Å²) >= 11 is 0. The second-order valence-corrected chi connectivity index (χ2v) is 9.14. The lowest BCUT2D eigenvalue weighted by Gasteiger charge is -2.26. The van der Waals surface area contributed by atoms with Gasteiger partial charge in [0.25, 0.3) is 5.91 Å². The molecule has 1 unspecified atom stereocenters. The molecule has 8 heteroatoms. The van der Waals surface area contributed by atoms with E-state index in [1.54, 1.807) is 17.9 Å². The Morgan fingerprint density at radius 1 is 1.22 bits per heavy atom. The maximum absolute atomic E-state index is 12.9. The van der Waals surface area contributed by atoms with Gasteiger partial charge in [0, 0.05) is 25.1 Å². The number of carbonyl (C=O) groups excluding carboxylic acids is 3. The van der Waals surface area contributed by atoms with Crippen molar-refractivity contribution in [3.05, 3.63) is 53.6 Å². The summed E-state index contributed by atoms with van der Waals surface area (Å²) in [5.41, 5.74) is 0.908. The second-order valence-electron chi connectivity index (χ2n) is 9.14. The number of nitrogens with zero attached hydrogens (tertiary/aromatic N) is 2. The van der Waals surface area contributed by atoms with Crippen molar-refractivity contribution in [2.75, 3.05) is 19.7 Å². The first-order valence-electron chi connectivity index (χ1n) is 12.6. The van der Waals surface area contributed by atoms with Gasteiger partial charge in [-0.15, -0.1) is 6.58 Å². The number of benzene rings is 1. The number of hydrogen-bond acceptors (Lipinski definition) is 7. The highest BCUT2D eigenvalue weighted by atomic mass is 16.6. The fourth-order valence-electron chi connectivity index (χ4n) is 3.75. The van der Waals surface area contributed by atoms with Crippen LogP contribution in [0.1, 0.15) is 79.2 Å². The van der Waals surface area contributed by atoms with Gasteiger partial charge in [0.15, 0.2) is 12.9 Å². The van der Waals surface area contributed by atoms with Crippen molar-refractivity contribution in [1.29, 1.82) is 0 Å². The Morgan fingerprint density at radius 3 is 2.58 bits per heavy atom. The van der Waals surface area contributed by atoms with E-state index in [1.807, 2.05) is 26.0 Å². The van der Waals surface area contributed by atoms with Gasteiger partial charge >= 0.3 is 5.97 Å². The van der Waals surface area contributed by atoms with Crippen LogP contribution >= 0.6 is 0 Å². The lowest BCUT2D eigenvalue weighted by atomic mass is 9.96. The van der Waals surface area contributed by atoms with Crippen LogP contribution in [-0.2, 0) is 20.8 Å². The predicted octanol–water partition coefficient (Wildman–Crippen LogP) is 4.86. The number of phenols is 1. The van der Waals surface area contributed by atoms with E-state index in [4.69, 9.17) is 9.57 Å². The molecule has 1 amide bonds. The van der Waals surface area contributed by atoms with Crippen LogP contribution < -0.4 is 0 Å². The molecular formula is C28H38N2O6. The highest BCUT2D eigenvalue weighted by Gasteiger charge is 2.22. The fourth-order valence-corrected chi connectivity index (χ4v) is 3.75. The molecule has 1 fully saturated rings. The van der Waals surface area contributed by atoms with E-state index >= 15 is 0 Å². The maximum atomic E-state index is 12.9. The van der Waals surface area contributed by atoms with Gasteiger partial charge in [-0.3, -0.25) is 9.59 Å². The van der Waals surface area contributed by atoms with E-state index in [0.717, 1.165) is 32.4 Å². The number of amides is 1. The molecule has 0 radical (unpaired) electrons. The van der Waals surface area contributed by atoms with E-state index in [0.29, 0.717) is 30.4 Å². The standard InChI is InChI=1S/C28H38N2O6/c1-5-20(3)11-10-12-24(29-35-19-26(33)30-13-8-7-9-14-30)15-22-16-25(32)17-23(18-31)27(22)28(34)36-21(4)6-2/h5,10,12,16-18,20-21,32H,1,6-9,11,13-15,19H2,2-4H3/b12-10+,29-24-/t20?,21-/m1/s1. The number of esters is 1. The number of piperidine rings is 1. The van der Waals surface area contributed by atoms with Crippen LogP contribution in [0, 0.1) is 5.92 Å². The van der Waals surface area contributed by atoms with Gasteiger partial charge in [-0.2, -0.15) is 0 Å². The van der Waals surface area contributed by atoms with Crippen molar-refractivity contribution in [3.63, 3.8) is 0 Å². The molecule has 2 rings (SSSR count). The smallest absolute Gasteiger partial charge is 0.339 e. The van der Waals surface area contributed by atoms with Crippen LogP contribution in [0.2, 0.25) is 0 Å². The monoisotopic (exact) mass is 498 g/mol. The highest BCUT2D eigenvalue weighted by Crippen LogP contribution is 2.24. The fraction of sp³-hybridized carbons (Fsp3) is 0.500. The molecule has 0 aromatic heterocycles. The summed E-state index contributed by atoms with van der Waals surface area (Å²) in [6, 6.07) is 2.64. The van der Waals surface area contributed by atoms with Gasteiger partial charge in [-0.05, 0) is 68.7 Å². The molecule has 2 atom stereocenters. The Labute approximate surface area is 213 Å². The topological polar surface area (TPSA) is 105 Å². The molecular weight excluding hydrogens is 460 g/mol. The molecule has 1 aromatic carbocycles. The first kappa shape index (κ1) is 28.8. The van der Waals surface area contributed by atoms with Crippen molar-refractivity contribution >= 4 is 23.9 Å². The van der Waals surface area contributed by atoms with Gasteiger partial charge in [0.1, 0.15) is 5.75 Å². The number of hydrogen-bond donors (Lipinski definition) is 1. The third-order valence-corrected chi connectivity index (χ3v) is 6.12. The van der Waals surface area contributed by atoms with Crippen LogP contribution in [0.4, 0.5) is 0 Å². The van der Waals surface area contributed by atoms with E-state index in [9.17, 15) is 19.5 Å². The van der Waals surface area contributed by atoms with E-state index in [-0.39, 0.29) is 47.8 Å². The Hall–Kier alpha value is -3.42. The number of likely N-dealkylation sites (tertiary alicyclic amines) is 1. The van der Waals surface area contributed by atoms with E-state index < -0.39 is 5.97 Å². The minimum absolute atomic E-state index is 0.0307. The van der Waals surface area contributed by atoms with Crippen LogP contribution in [0.3, 0.4) is 0 Å². The molecule has 1 N–H and O–H groups in total. The molecule has 8 nitrogen and oxygen atoms in total. The lowest BCUT2D eigenvalue weighted by molar-refractivity contribution is -0.137. The van der Waals surface area contributed by atoms with Crippen LogP contribution in [0.25, 0.3) is 0 Å². The van der Waals surface area contributed by atoms with E-state index in [1.165, 1.54) is 12.1 Å². The summed E-state index contributed by atoms with van der Waals surface area (Å²) in [6.07, 6.45) is 10.2. The third-order valence-electron chi connectivity index (χ3n) is 6.12. The molecule has 1 aromatic rings. The van der Waals surface area contributed by atoms with Crippen LogP contribution in [0.15, 0.2) is 42.1 Å². The van der Waals surface area contributed by atoms with Crippen molar-refractivity contribution in [1.82, 2.24) is 4.90 Å². The average Bonchev–Trinajstić information content (AvgIpc) is 2.88. The third kappa shape index (κ3) is 8.98. The average molecular weight is 499 g/mol. The normalized spacial score (nSPS) is 15.9. The second kappa shape index (κ2) is 14.9. The number of aromatic hydroxyl groups is 1. The Balaban J connectivity index is 2.31. The number of carbonyl (C=O) groups is 3. The summed E-state index contributed by atoms with van der Waals surface area (Å²) in [5.74, 6) is -0.684. The number of allylic oxidation sites excluding steroid dienone is 3. The van der Waals surface area contributed by atoms with Gasteiger partial charge in [-0.25, -0.2) is 4.79 Å². The molecule has 1 aliphatic heterocycles. The highest BCUT2D eigenvalue weighted by molar-refractivity contribution is 6.03. The van der Waals surface area contributed by atoms with Crippen molar-refractivity contribution < 1.29 is 29.1 Å². The molecule has 196 valence electrons. The Kier molecular flexibility index (Phi) is 11.9. The molecule has 0 spiro atoms. The van der Waals surface area contributed by atoms with Crippen molar-refractivity contribution in [3.8, 4) is 5.75 Å². The number of phenolic OH excluding ortho intramolecular Hbond substituents is 1. The summed E-state index contributed by atoms with van der Waals surface area (Å²) < 4.78 is 5.47. The zero-order valence-corrected chi connectivity index (χ0v) is 21.6. The number of oxime groups is 1. The molecule has 0 aliphatic carbocycles. The van der Waals surface area contributed by atoms with Crippen LogP contribution in [0.5, 0.6) is 5.75 Å². The maximum Gasteiger partial charge on any atom is 0.339 e. The molecule has 1 aliphatic rings. The minimum atomic E-state index is -0.647. The Bertz CT molecular complexity index is 978. The summed E-state index contributed by atoms with van der Waals surface area (Å²) in [6.45, 7) is 10.7. The summed E-state index contributed by atoms with van der Waals surface area (Å²) in [7, 11) is 0. The molecule has 0 bridgehead atoms. The van der Waals surface area contributed by atoms with Gasteiger partial charge < -0.3 is 19.6 Å². The first-order valence-corrected chi connectivity index (χ1v) is 12.6. The summed E-state index contributed by atoms with van der Waals surface area (Å²) in [4.78, 5) is 44.3. The van der Waals surface area contributed by atoms with Gasteiger partial charge in [0.2, 0.25) is 0 Å². The number of aldehydes is 1.